The summed E-state index contributed by atoms with van der Waals surface area (Å²) in [5.74, 6) is 2.15. The van der Waals surface area contributed by atoms with Crippen molar-refractivity contribution in [2.45, 2.75) is 116 Å². The fraction of sp³-hybridized carbons (Fsp3) is 1.00. The van der Waals surface area contributed by atoms with Gasteiger partial charge in [-0.3, -0.25) is 0 Å². The highest BCUT2D eigenvalue weighted by Crippen LogP contribution is 2.44. The Balaban J connectivity index is 4.35. The largest absolute Gasteiger partial charge is 0.355 e. The van der Waals surface area contributed by atoms with Crippen molar-refractivity contribution in [3.63, 3.8) is 0 Å². The Morgan fingerprint density at radius 1 is 0.529 bits per heavy atom. The molecule has 4 nitrogen and oxygen atoms in total. The predicted octanol–water partition coefficient (Wildman–Crippen LogP) is 7.45. The first-order valence-corrected chi connectivity index (χ1v) is 22.3. The minimum absolute atomic E-state index is 0.264. The van der Waals surface area contributed by atoms with Crippen LogP contribution < -0.4 is 0 Å². The molecule has 0 aromatic rings. The van der Waals surface area contributed by atoms with Gasteiger partial charge in [-0.05, 0) is 47.3 Å². The summed E-state index contributed by atoms with van der Waals surface area (Å²) in [7, 11) is 6.85. The Morgan fingerprint density at radius 2 is 0.882 bits per heavy atom. The Labute approximate surface area is 231 Å². The van der Waals surface area contributed by atoms with Crippen LogP contribution in [0.3, 0.4) is 0 Å². The second kappa shape index (κ2) is 25.0. The van der Waals surface area contributed by atoms with Crippen molar-refractivity contribution >= 4 is 60.3 Å². The van der Waals surface area contributed by atoms with Gasteiger partial charge in [0.05, 0.1) is 19.0 Å². The van der Waals surface area contributed by atoms with E-state index in [0.29, 0.717) is 0 Å². The highest BCUT2D eigenvalue weighted by molar-refractivity contribution is 9.26. The zero-order valence-corrected chi connectivity index (χ0v) is 29.1. The molecule has 0 radical (unpaired) electrons. The molecule has 0 rings (SSSR count). The van der Waals surface area contributed by atoms with Gasteiger partial charge in [-0.2, -0.15) is 0 Å². The van der Waals surface area contributed by atoms with Crippen LogP contribution in [0.4, 0.5) is 0 Å². The fourth-order valence-corrected chi connectivity index (χ4v) is 15.4. The van der Waals surface area contributed by atoms with Crippen LogP contribution in [0.2, 0.25) is 12.1 Å². The highest BCUT2D eigenvalue weighted by atomic mass is 33.7. The maximum absolute atomic E-state index is 6.21. The van der Waals surface area contributed by atoms with Gasteiger partial charge in [0, 0.05) is 50.8 Å². The minimum atomic E-state index is -0.412. The summed E-state index contributed by atoms with van der Waals surface area (Å²) in [4.78, 5) is 0. The van der Waals surface area contributed by atoms with Crippen LogP contribution >= 0.6 is 41.2 Å². The fourth-order valence-electron chi connectivity index (χ4n) is 4.11. The summed E-state index contributed by atoms with van der Waals surface area (Å²) in [6, 6.07) is 2.64. The zero-order valence-electron chi connectivity index (χ0n) is 23.0. The van der Waals surface area contributed by atoms with Crippen LogP contribution in [0.15, 0.2) is 0 Å². The third-order valence-corrected chi connectivity index (χ3v) is 16.9. The summed E-state index contributed by atoms with van der Waals surface area (Å²) in [6.45, 7) is 15.9. The van der Waals surface area contributed by atoms with E-state index in [-0.39, 0.29) is 10.8 Å². The molecule has 0 atom stereocenters. The van der Waals surface area contributed by atoms with Crippen molar-refractivity contribution in [1.82, 2.24) is 0 Å². The molecule has 0 spiro atoms. The van der Waals surface area contributed by atoms with Crippen LogP contribution in [0.1, 0.15) is 92.9 Å². The molecular weight excluding hydrogens is 537 g/mol. The molecule has 0 aromatic heterocycles. The van der Waals surface area contributed by atoms with E-state index in [2.05, 4.69) is 41.5 Å². The summed E-state index contributed by atoms with van der Waals surface area (Å²) in [6.07, 6.45) is 9.89. The first-order chi connectivity index (χ1) is 16.6. The van der Waals surface area contributed by atoms with E-state index in [1.165, 1.54) is 50.6 Å². The van der Waals surface area contributed by atoms with E-state index in [0.717, 1.165) is 50.8 Å². The van der Waals surface area contributed by atoms with Gasteiger partial charge in [-0.25, -0.2) is 0 Å². The van der Waals surface area contributed by atoms with Gasteiger partial charge in [-0.15, -0.1) is 0 Å². The van der Waals surface area contributed by atoms with Crippen molar-refractivity contribution in [2.24, 2.45) is 0 Å². The summed E-state index contributed by atoms with van der Waals surface area (Å²) in [5.41, 5.74) is -0.529. The SMILES string of the molecule is CCCCC[SiH2]C(CCSSSSCCC(OCC)(OCC)[SiH2]CCCCC)(OCC)OCC. The predicted molar refractivity (Wildman–Crippen MR) is 167 cm³/mol. The average molecular weight is 591 g/mol. The number of ether oxygens (including phenoxy) is 4. The zero-order chi connectivity index (χ0) is 25.4. The monoisotopic (exact) mass is 590 g/mol. The van der Waals surface area contributed by atoms with E-state index in [4.69, 9.17) is 18.9 Å². The van der Waals surface area contributed by atoms with Crippen molar-refractivity contribution < 1.29 is 18.9 Å². The van der Waals surface area contributed by atoms with Crippen LogP contribution in [0.5, 0.6) is 0 Å². The standard InChI is InChI=1S/C24H54O4S4Si2/c1-7-13-15-21-33-23(25-9-3,26-10-4)17-19-29-31-32-30-20-18-24(27-11-5,28-12-6)34-22-16-14-8-2/h7-22,33-34H2,1-6H3. The molecule has 0 N–H and O–H groups in total. The lowest BCUT2D eigenvalue weighted by Gasteiger charge is -2.33. The molecule has 0 aliphatic heterocycles. The molecule has 0 saturated carbocycles. The van der Waals surface area contributed by atoms with Gasteiger partial charge in [-0.1, -0.05) is 86.0 Å². The second-order valence-electron chi connectivity index (χ2n) is 8.45. The van der Waals surface area contributed by atoms with Crippen molar-refractivity contribution in [3.8, 4) is 0 Å². The van der Waals surface area contributed by atoms with E-state index >= 15 is 0 Å². The van der Waals surface area contributed by atoms with E-state index in [1.807, 2.05) is 41.2 Å². The number of unbranched alkanes of at least 4 members (excludes halogenated alkanes) is 4. The lowest BCUT2D eigenvalue weighted by molar-refractivity contribution is -0.176. The first-order valence-electron chi connectivity index (χ1n) is 13.7. The van der Waals surface area contributed by atoms with Gasteiger partial charge in [0.15, 0.2) is 0 Å². The Bertz CT molecular complexity index is 390. The lowest BCUT2D eigenvalue weighted by atomic mass is 10.3. The van der Waals surface area contributed by atoms with Gasteiger partial charge in [0.2, 0.25) is 0 Å². The molecule has 0 aliphatic rings. The molecule has 0 aliphatic carbocycles. The molecule has 0 aromatic carbocycles. The van der Waals surface area contributed by atoms with E-state index in [1.54, 1.807) is 0 Å². The van der Waals surface area contributed by atoms with Gasteiger partial charge in [0.1, 0.15) is 10.8 Å². The number of rotatable bonds is 27. The molecule has 0 bridgehead atoms. The van der Waals surface area contributed by atoms with Crippen molar-refractivity contribution in [1.29, 1.82) is 0 Å². The van der Waals surface area contributed by atoms with Crippen molar-refractivity contribution in [3.05, 3.63) is 0 Å². The first kappa shape index (κ1) is 35.7. The van der Waals surface area contributed by atoms with Gasteiger partial charge >= 0.3 is 0 Å². The normalized spacial score (nSPS) is 13.2. The molecule has 0 saturated heterocycles. The van der Waals surface area contributed by atoms with Crippen molar-refractivity contribution in [2.75, 3.05) is 37.9 Å². The maximum Gasteiger partial charge on any atom is 0.145 e. The number of hydrogen-bond acceptors (Lipinski definition) is 8. The summed E-state index contributed by atoms with van der Waals surface area (Å²) in [5, 5.41) is 0. The third-order valence-electron chi connectivity index (χ3n) is 5.71. The molecule has 0 amide bonds. The Kier molecular flexibility index (Phi) is 26.2. The van der Waals surface area contributed by atoms with Crippen LogP contribution in [-0.2, 0) is 18.9 Å². The van der Waals surface area contributed by atoms with Gasteiger partial charge in [0.25, 0.3) is 0 Å². The maximum atomic E-state index is 6.21. The Morgan fingerprint density at radius 3 is 1.18 bits per heavy atom. The molecule has 206 valence electrons. The Hall–Kier alpha value is 1.67. The topological polar surface area (TPSA) is 36.9 Å². The average Bonchev–Trinajstić information content (AvgIpc) is 2.82. The summed E-state index contributed by atoms with van der Waals surface area (Å²) < 4.78 is 24.8. The molecule has 0 unspecified atom stereocenters. The van der Waals surface area contributed by atoms with E-state index < -0.39 is 19.0 Å². The lowest BCUT2D eigenvalue weighted by Crippen LogP contribution is -2.43. The van der Waals surface area contributed by atoms with Crippen LogP contribution in [-0.4, -0.2) is 67.8 Å². The molecule has 10 heteroatoms. The highest BCUT2D eigenvalue weighted by Gasteiger charge is 2.31. The molecular formula is C24H54O4S4Si2. The number of hydrogen-bond donors (Lipinski definition) is 0. The van der Waals surface area contributed by atoms with Crippen LogP contribution in [0.25, 0.3) is 0 Å². The molecule has 0 fully saturated rings. The minimum Gasteiger partial charge on any atom is -0.355 e. The second-order valence-corrected chi connectivity index (χ2v) is 19.3. The smallest absolute Gasteiger partial charge is 0.145 e. The summed E-state index contributed by atoms with van der Waals surface area (Å²) >= 11 is 0. The third kappa shape index (κ3) is 18.0. The molecule has 34 heavy (non-hydrogen) atoms. The van der Waals surface area contributed by atoms with E-state index in [9.17, 15) is 0 Å². The quantitative estimate of drug-likeness (QED) is 0.0422. The molecule has 0 heterocycles. The van der Waals surface area contributed by atoms with Gasteiger partial charge < -0.3 is 18.9 Å². The van der Waals surface area contributed by atoms with Crippen LogP contribution in [0, 0.1) is 0 Å².